The molecular weight excluding hydrogens is 328 g/mol. The van der Waals surface area contributed by atoms with E-state index in [1.54, 1.807) is 6.20 Å². The highest BCUT2D eigenvalue weighted by molar-refractivity contribution is 5.48. The Labute approximate surface area is 152 Å². The van der Waals surface area contributed by atoms with E-state index >= 15 is 0 Å². The van der Waals surface area contributed by atoms with Crippen LogP contribution in [-0.4, -0.2) is 11.8 Å². The van der Waals surface area contributed by atoms with Crippen LogP contribution in [0.15, 0.2) is 66.9 Å². The zero-order chi connectivity index (χ0) is 17.6. The van der Waals surface area contributed by atoms with Crippen LogP contribution in [0.5, 0.6) is 17.4 Å². The summed E-state index contributed by atoms with van der Waals surface area (Å²) in [6.45, 7) is 2.12. The molecule has 132 valence electrons. The fourth-order valence-electron chi connectivity index (χ4n) is 2.88. The highest BCUT2D eigenvalue weighted by Crippen LogP contribution is 2.35. The molecule has 5 nitrogen and oxygen atoms in total. The van der Waals surface area contributed by atoms with Crippen molar-refractivity contribution in [2.45, 2.75) is 19.7 Å². The summed E-state index contributed by atoms with van der Waals surface area (Å²) in [6.07, 6.45) is 1.75. The molecule has 0 saturated heterocycles. The van der Waals surface area contributed by atoms with Crippen molar-refractivity contribution in [2.24, 2.45) is 0 Å². The number of nitrogens with one attached hydrogen (secondary N) is 1. The summed E-state index contributed by atoms with van der Waals surface area (Å²) in [5.41, 5.74) is 3.22. The molecule has 26 heavy (non-hydrogen) atoms. The normalized spacial score (nSPS) is 12.2. The predicted molar refractivity (Wildman–Crippen MR) is 98.1 cm³/mol. The van der Waals surface area contributed by atoms with Gasteiger partial charge in [0.05, 0.1) is 0 Å². The molecule has 1 aliphatic rings. The monoisotopic (exact) mass is 348 g/mol. The molecule has 0 aliphatic carbocycles. The lowest BCUT2D eigenvalue weighted by molar-refractivity contribution is 0.173. The van der Waals surface area contributed by atoms with Crippen LogP contribution >= 0.6 is 0 Å². The summed E-state index contributed by atoms with van der Waals surface area (Å²) in [7, 11) is 0. The van der Waals surface area contributed by atoms with E-state index in [0.29, 0.717) is 25.6 Å². The van der Waals surface area contributed by atoms with Gasteiger partial charge in [0.1, 0.15) is 6.61 Å². The van der Waals surface area contributed by atoms with Crippen LogP contribution in [0.2, 0.25) is 0 Å². The van der Waals surface area contributed by atoms with Crippen molar-refractivity contribution in [3.05, 3.63) is 83.6 Å². The minimum absolute atomic E-state index is 0.284. The fraction of sp³-hybridized carbons (Fsp3) is 0.190. The molecule has 0 saturated carbocycles. The van der Waals surface area contributed by atoms with Crippen LogP contribution in [0.25, 0.3) is 0 Å². The molecule has 0 fully saturated rings. The molecule has 5 heteroatoms. The summed E-state index contributed by atoms with van der Waals surface area (Å²) in [4.78, 5) is 4.37. The van der Waals surface area contributed by atoms with E-state index in [9.17, 15) is 0 Å². The van der Waals surface area contributed by atoms with Crippen LogP contribution in [-0.2, 0) is 19.7 Å². The van der Waals surface area contributed by atoms with Crippen molar-refractivity contribution in [2.75, 3.05) is 6.79 Å². The summed E-state index contributed by atoms with van der Waals surface area (Å²) in [6, 6.07) is 20.0. The molecule has 0 atom stereocenters. The number of hydrogen-bond donors (Lipinski definition) is 1. The molecule has 0 bridgehead atoms. The first-order valence-electron chi connectivity index (χ1n) is 8.59. The Balaban J connectivity index is 1.37. The maximum atomic E-state index is 5.90. The van der Waals surface area contributed by atoms with Gasteiger partial charge in [-0.25, -0.2) is 4.98 Å². The summed E-state index contributed by atoms with van der Waals surface area (Å²) < 4.78 is 16.9. The Morgan fingerprint density at radius 3 is 2.65 bits per heavy atom. The third-order valence-corrected chi connectivity index (χ3v) is 4.18. The van der Waals surface area contributed by atoms with E-state index in [0.717, 1.165) is 28.2 Å². The second-order valence-electron chi connectivity index (χ2n) is 6.00. The number of nitrogens with zero attached hydrogens (tertiary/aromatic N) is 1. The molecule has 0 unspecified atom stereocenters. The van der Waals surface area contributed by atoms with Crippen LogP contribution in [0, 0.1) is 0 Å². The molecule has 0 spiro atoms. The molecule has 4 rings (SSSR count). The standard InChI is InChI=1S/C21H20N2O3/c1-2-6-16(7-3-1)14-24-21-18(9-5-11-23-21)13-22-12-17-8-4-10-19-20(17)26-15-25-19/h1-11,22H,12-15H2. The largest absolute Gasteiger partial charge is 0.473 e. The molecular formula is C21H20N2O3. The van der Waals surface area contributed by atoms with Crippen molar-refractivity contribution in [1.82, 2.24) is 10.3 Å². The maximum absolute atomic E-state index is 5.90. The van der Waals surface area contributed by atoms with Crippen molar-refractivity contribution >= 4 is 0 Å². The van der Waals surface area contributed by atoms with Gasteiger partial charge in [0.25, 0.3) is 0 Å². The van der Waals surface area contributed by atoms with Gasteiger partial charge in [-0.2, -0.15) is 0 Å². The number of hydrogen-bond acceptors (Lipinski definition) is 5. The Morgan fingerprint density at radius 1 is 0.885 bits per heavy atom. The topological polar surface area (TPSA) is 52.6 Å². The summed E-state index contributed by atoms with van der Waals surface area (Å²) in [5, 5.41) is 3.43. The van der Waals surface area contributed by atoms with E-state index in [1.165, 1.54) is 0 Å². The molecule has 1 aliphatic heterocycles. The van der Waals surface area contributed by atoms with Gasteiger partial charge >= 0.3 is 0 Å². The number of rotatable bonds is 7. The van der Waals surface area contributed by atoms with Crippen molar-refractivity contribution < 1.29 is 14.2 Å². The number of fused-ring (bicyclic) bond motifs is 1. The SMILES string of the molecule is c1ccc(COc2ncccc2CNCc2cccc3c2OCO3)cc1. The van der Waals surface area contributed by atoms with Crippen molar-refractivity contribution in [3.63, 3.8) is 0 Å². The predicted octanol–water partition coefficient (Wildman–Crippen LogP) is 3.68. The highest BCUT2D eigenvalue weighted by atomic mass is 16.7. The van der Waals surface area contributed by atoms with Gasteiger partial charge < -0.3 is 19.5 Å². The van der Waals surface area contributed by atoms with Crippen molar-refractivity contribution in [3.8, 4) is 17.4 Å². The Kier molecular flexibility index (Phi) is 4.98. The van der Waals surface area contributed by atoms with E-state index in [-0.39, 0.29) is 6.79 Å². The highest BCUT2D eigenvalue weighted by Gasteiger charge is 2.16. The van der Waals surface area contributed by atoms with Gasteiger partial charge in [-0.15, -0.1) is 0 Å². The summed E-state index contributed by atoms with van der Waals surface area (Å²) >= 11 is 0. The Hall–Kier alpha value is -3.05. The van der Waals surface area contributed by atoms with E-state index in [4.69, 9.17) is 14.2 Å². The zero-order valence-corrected chi connectivity index (χ0v) is 14.4. The smallest absolute Gasteiger partial charge is 0.231 e. The molecule has 2 aromatic carbocycles. The van der Waals surface area contributed by atoms with E-state index < -0.39 is 0 Å². The summed E-state index contributed by atoms with van der Waals surface area (Å²) in [5.74, 6) is 2.28. The van der Waals surface area contributed by atoms with Gasteiger partial charge in [-0.1, -0.05) is 48.5 Å². The molecule has 1 N–H and O–H groups in total. The Bertz CT molecular complexity index is 868. The number of aromatic nitrogens is 1. The number of pyridine rings is 1. The van der Waals surface area contributed by atoms with Crippen LogP contribution < -0.4 is 19.5 Å². The lowest BCUT2D eigenvalue weighted by Crippen LogP contribution is -2.14. The molecule has 0 amide bonds. The van der Waals surface area contributed by atoms with Gasteiger partial charge in [0.2, 0.25) is 12.7 Å². The number of benzene rings is 2. The van der Waals surface area contributed by atoms with Crippen LogP contribution in [0.4, 0.5) is 0 Å². The van der Waals surface area contributed by atoms with Gasteiger partial charge in [0, 0.05) is 30.4 Å². The third-order valence-electron chi connectivity index (χ3n) is 4.18. The second-order valence-corrected chi connectivity index (χ2v) is 6.00. The number of ether oxygens (including phenoxy) is 3. The molecule has 3 aromatic rings. The molecule has 1 aromatic heterocycles. The van der Waals surface area contributed by atoms with E-state index in [1.807, 2.05) is 60.7 Å². The zero-order valence-electron chi connectivity index (χ0n) is 14.4. The molecule has 0 radical (unpaired) electrons. The van der Waals surface area contributed by atoms with E-state index in [2.05, 4.69) is 10.3 Å². The van der Waals surface area contributed by atoms with Crippen LogP contribution in [0.3, 0.4) is 0 Å². The fourth-order valence-corrected chi connectivity index (χ4v) is 2.88. The van der Waals surface area contributed by atoms with Gasteiger partial charge in [-0.3, -0.25) is 0 Å². The van der Waals surface area contributed by atoms with Crippen molar-refractivity contribution in [1.29, 1.82) is 0 Å². The third kappa shape index (κ3) is 3.78. The number of para-hydroxylation sites is 1. The van der Waals surface area contributed by atoms with Gasteiger partial charge in [-0.05, 0) is 17.7 Å². The minimum Gasteiger partial charge on any atom is -0.473 e. The van der Waals surface area contributed by atoms with Gasteiger partial charge in [0.15, 0.2) is 11.5 Å². The molecule has 2 heterocycles. The maximum Gasteiger partial charge on any atom is 0.231 e. The first kappa shape index (κ1) is 16.4. The average molecular weight is 348 g/mol. The average Bonchev–Trinajstić information content (AvgIpc) is 3.18. The quantitative estimate of drug-likeness (QED) is 0.706. The lowest BCUT2D eigenvalue weighted by atomic mass is 10.2. The Morgan fingerprint density at radius 2 is 1.73 bits per heavy atom. The minimum atomic E-state index is 0.284. The second kappa shape index (κ2) is 7.89. The van der Waals surface area contributed by atoms with Crippen LogP contribution in [0.1, 0.15) is 16.7 Å². The first-order valence-corrected chi connectivity index (χ1v) is 8.59. The first-order chi connectivity index (χ1) is 12.9. The lowest BCUT2D eigenvalue weighted by Gasteiger charge is -2.12.